The Morgan fingerprint density at radius 2 is 1.96 bits per heavy atom. The summed E-state index contributed by atoms with van der Waals surface area (Å²) in [6.45, 7) is 7.11. The highest BCUT2D eigenvalue weighted by molar-refractivity contribution is 5.80. The molecule has 0 spiro atoms. The summed E-state index contributed by atoms with van der Waals surface area (Å²) in [5, 5.41) is 3.42. The molecule has 0 saturated carbocycles. The van der Waals surface area contributed by atoms with Crippen molar-refractivity contribution < 1.29 is 4.42 Å². The molecule has 1 N–H and O–H groups in total. The molecule has 1 atom stereocenters. The van der Waals surface area contributed by atoms with Crippen molar-refractivity contribution in [3.63, 3.8) is 0 Å². The van der Waals surface area contributed by atoms with E-state index in [1.54, 1.807) is 18.7 Å². The molecule has 1 fully saturated rings. The van der Waals surface area contributed by atoms with E-state index in [0.717, 1.165) is 50.4 Å². The quantitative estimate of drug-likeness (QED) is 0.609. The lowest BCUT2D eigenvalue weighted by Gasteiger charge is -2.36. The zero-order valence-corrected chi connectivity index (χ0v) is 16.4. The molecule has 3 rings (SSSR count). The fraction of sp³-hybridized carbons (Fsp3) is 0.526. The van der Waals surface area contributed by atoms with E-state index in [-0.39, 0.29) is 6.04 Å². The summed E-state index contributed by atoms with van der Waals surface area (Å²) in [4.78, 5) is 20.2. The standard InChI is InChI=1S/C19H29N7O/c1-4-20-18(23-15-16(24(2)3)17-7-5-14-27-17)25-10-12-26(13-11-25)19-21-8-6-9-22-19/h5-9,14,16H,4,10-13,15H2,1-3H3,(H,20,23). The molecule has 1 saturated heterocycles. The first-order valence-electron chi connectivity index (χ1n) is 9.44. The molecular formula is C19H29N7O. The van der Waals surface area contributed by atoms with Crippen LogP contribution in [-0.4, -0.2) is 79.1 Å². The molecule has 2 aromatic heterocycles. The Morgan fingerprint density at radius 1 is 1.22 bits per heavy atom. The lowest BCUT2D eigenvalue weighted by atomic mass is 10.2. The maximum Gasteiger partial charge on any atom is 0.225 e. The van der Waals surface area contributed by atoms with E-state index in [1.165, 1.54) is 0 Å². The van der Waals surface area contributed by atoms with Crippen molar-refractivity contribution in [1.82, 2.24) is 25.1 Å². The van der Waals surface area contributed by atoms with Crippen molar-refractivity contribution in [3.05, 3.63) is 42.6 Å². The highest BCUT2D eigenvalue weighted by atomic mass is 16.3. The zero-order valence-electron chi connectivity index (χ0n) is 16.4. The van der Waals surface area contributed by atoms with Crippen molar-refractivity contribution in [2.24, 2.45) is 4.99 Å². The van der Waals surface area contributed by atoms with E-state index >= 15 is 0 Å². The van der Waals surface area contributed by atoms with E-state index < -0.39 is 0 Å². The fourth-order valence-electron chi connectivity index (χ4n) is 3.16. The van der Waals surface area contributed by atoms with Gasteiger partial charge in [-0.15, -0.1) is 0 Å². The molecular weight excluding hydrogens is 342 g/mol. The Hall–Kier alpha value is -2.61. The Morgan fingerprint density at radius 3 is 2.56 bits per heavy atom. The van der Waals surface area contributed by atoms with Gasteiger partial charge in [-0.2, -0.15) is 0 Å². The summed E-state index contributed by atoms with van der Waals surface area (Å²) < 4.78 is 5.59. The number of nitrogens with one attached hydrogen (secondary N) is 1. The minimum Gasteiger partial charge on any atom is -0.468 e. The molecule has 1 aliphatic rings. The molecule has 0 amide bonds. The molecule has 8 heteroatoms. The maximum absolute atomic E-state index is 5.59. The monoisotopic (exact) mass is 371 g/mol. The number of guanidine groups is 1. The number of aliphatic imine (C=N–C) groups is 1. The van der Waals surface area contributed by atoms with E-state index in [0.29, 0.717) is 6.54 Å². The van der Waals surface area contributed by atoms with Gasteiger partial charge < -0.3 is 19.5 Å². The first-order chi connectivity index (χ1) is 13.2. The van der Waals surface area contributed by atoms with Crippen molar-refractivity contribution >= 4 is 11.9 Å². The predicted molar refractivity (Wildman–Crippen MR) is 107 cm³/mol. The lowest BCUT2D eigenvalue weighted by Crippen LogP contribution is -2.53. The summed E-state index contributed by atoms with van der Waals surface area (Å²) in [5.41, 5.74) is 0. The molecule has 0 radical (unpaired) electrons. The van der Waals surface area contributed by atoms with Gasteiger partial charge in [-0.3, -0.25) is 9.89 Å². The molecule has 0 bridgehead atoms. The van der Waals surface area contributed by atoms with E-state index in [1.807, 2.05) is 32.3 Å². The summed E-state index contributed by atoms with van der Waals surface area (Å²) in [6.07, 6.45) is 5.29. The van der Waals surface area contributed by atoms with E-state index in [9.17, 15) is 0 Å². The van der Waals surface area contributed by atoms with Gasteiger partial charge in [0, 0.05) is 45.1 Å². The summed E-state index contributed by atoms with van der Waals surface area (Å²) in [5.74, 6) is 2.68. The molecule has 3 heterocycles. The number of hydrogen-bond donors (Lipinski definition) is 1. The number of hydrogen-bond acceptors (Lipinski definition) is 6. The number of likely N-dealkylation sites (N-methyl/N-ethyl adjacent to an activating group) is 1. The van der Waals surface area contributed by atoms with Crippen molar-refractivity contribution in [2.45, 2.75) is 13.0 Å². The van der Waals surface area contributed by atoms with Gasteiger partial charge in [0.2, 0.25) is 5.95 Å². The topological polar surface area (TPSA) is 73.0 Å². The zero-order chi connectivity index (χ0) is 19.1. The number of rotatable bonds is 6. The van der Waals surface area contributed by atoms with Gasteiger partial charge in [0.15, 0.2) is 5.96 Å². The minimum atomic E-state index is 0.118. The van der Waals surface area contributed by atoms with Gasteiger partial charge >= 0.3 is 0 Å². The minimum absolute atomic E-state index is 0.118. The maximum atomic E-state index is 5.59. The third-order valence-corrected chi connectivity index (χ3v) is 4.66. The van der Waals surface area contributed by atoms with Crippen LogP contribution in [0.5, 0.6) is 0 Å². The van der Waals surface area contributed by atoms with Crippen LogP contribution in [0.3, 0.4) is 0 Å². The second-order valence-electron chi connectivity index (χ2n) is 6.71. The lowest BCUT2D eigenvalue weighted by molar-refractivity contribution is 0.263. The van der Waals surface area contributed by atoms with Gasteiger partial charge in [0.25, 0.3) is 0 Å². The second kappa shape index (κ2) is 9.36. The van der Waals surface area contributed by atoms with Crippen molar-refractivity contribution in [2.75, 3.05) is 58.3 Å². The summed E-state index contributed by atoms with van der Waals surface area (Å²) in [6, 6.07) is 5.89. The highest BCUT2D eigenvalue weighted by Gasteiger charge is 2.22. The number of anilines is 1. The number of aromatic nitrogens is 2. The molecule has 1 unspecified atom stereocenters. The Kier molecular flexibility index (Phi) is 6.64. The number of furan rings is 1. The summed E-state index contributed by atoms with van der Waals surface area (Å²) >= 11 is 0. The summed E-state index contributed by atoms with van der Waals surface area (Å²) in [7, 11) is 4.10. The van der Waals surface area contributed by atoms with Crippen molar-refractivity contribution in [1.29, 1.82) is 0 Å². The van der Waals surface area contributed by atoms with Gasteiger partial charge in [0.05, 0.1) is 18.8 Å². The second-order valence-corrected chi connectivity index (χ2v) is 6.71. The van der Waals surface area contributed by atoms with E-state index in [4.69, 9.17) is 9.41 Å². The SMILES string of the molecule is CCNC(=NCC(c1ccco1)N(C)C)N1CCN(c2ncccn2)CC1. The molecule has 0 aromatic carbocycles. The van der Waals surface area contributed by atoms with E-state index in [2.05, 4.69) is 36.9 Å². The molecule has 8 nitrogen and oxygen atoms in total. The van der Waals surface area contributed by atoms with Crippen molar-refractivity contribution in [3.8, 4) is 0 Å². The van der Waals surface area contributed by atoms with Gasteiger partial charge in [-0.25, -0.2) is 9.97 Å². The molecule has 27 heavy (non-hydrogen) atoms. The van der Waals surface area contributed by atoms with Gasteiger partial charge in [0.1, 0.15) is 5.76 Å². The van der Waals surface area contributed by atoms with Gasteiger partial charge in [-0.1, -0.05) is 0 Å². The Bertz CT molecular complexity index is 694. The Labute approximate surface area is 160 Å². The Balaban J connectivity index is 1.64. The van der Waals surface area contributed by atoms with Crippen LogP contribution >= 0.6 is 0 Å². The molecule has 0 aliphatic carbocycles. The number of nitrogens with zero attached hydrogens (tertiary/aromatic N) is 6. The molecule has 1 aliphatic heterocycles. The third-order valence-electron chi connectivity index (χ3n) is 4.66. The normalized spacial score (nSPS) is 16.7. The fourth-order valence-corrected chi connectivity index (χ4v) is 3.16. The van der Waals surface area contributed by atoms with Crippen LogP contribution in [0.1, 0.15) is 18.7 Å². The van der Waals surface area contributed by atoms with Crippen LogP contribution in [-0.2, 0) is 0 Å². The first-order valence-corrected chi connectivity index (χ1v) is 9.44. The largest absolute Gasteiger partial charge is 0.468 e. The van der Waals surface area contributed by atoms with Crippen LogP contribution in [0.25, 0.3) is 0 Å². The highest BCUT2D eigenvalue weighted by Crippen LogP contribution is 2.19. The predicted octanol–water partition coefficient (Wildman–Crippen LogP) is 1.46. The first kappa shape index (κ1) is 19.2. The van der Waals surface area contributed by atoms with Crippen LogP contribution < -0.4 is 10.2 Å². The smallest absolute Gasteiger partial charge is 0.225 e. The van der Waals surface area contributed by atoms with Crippen LogP contribution in [0.15, 0.2) is 46.3 Å². The van der Waals surface area contributed by atoms with Crippen LogP contribution in [0.2, 0.25) is 0 Å². The average molecular weight is 371 g/mol. The van der Waals surface area contributed by atoms with Crippen LogP contribution in [0, 0.1) is 0 Å². The number of piperazine rings is 1. The van der Waals surface area contributed by atoms with Gasteiger partial charge in [-0.05, 0) is 39.2 Å². The average Bonchev–Trinajstić information content (AvgIpc) is 3.22. The third kappa shape index (κ3) is 4.97. The molecule has 2 aromatic rings. The van der Waals surface area contributed by atoms with Crippen LogP contribution in [0.4, 0.5) is 5.95 Å². The molecule has 146 valence electrons.